The highest BCUT2D eigenvalue weighted by Crippen LogP contribution is 2.23. The third-order valence-electron chi connectivity index (χ3n) is 2.29. The minimum Gasteiger partial charge on any atom is -0.443 e. The Kier molecular flexibility index (Phi) is 5.79. The molecule has 0 saturated carbocycles. The SMILES string of the molecule is Cc1cc(Br)cc(N(C(=O)OC(C)(C)C)C(=O)OC(C)(C)C)n1. The minimum atomic E-state index is -0.836. The van der Waals surface area contributed by atoms with E-state index in [1.54, 1.807) is 60.6 Å². The number of anilines is 1. The van der Waals surface area contributed by atoms with E-state index in [0.717, 1.165) is 4.90 Å². The van der Waals surface area contributed by atoms with Gasteiger partial charge in [0.05, 0.1) is 0 Å². The van der Waals surface area contributed by atoms with Gasteiger partial charge in [-0.3, -0.25) is 0 Å². The second-order valence-electron chi connectivity index (χ2n) is 7.08. The highest BCUT2D eigenvalue weighted by Gasteiger charge is 2.33. The number of aromatic nitrogens is 1. The van der Waals surface area contributed by atoms with E-state index in [1.807, 2.05) is 0 Å². The molecule has 7 heteroatoms. The summed E-state index contributed by atoms with van der Waals surface area (Å²) >= 11 is 3.33. The molecule has 128 valence electrons. The molecule has 0 atom stereocenters. The van der Waals surface area contributed by atoms with Gasteiger partial charge in [0, 0.05) is 10.2 Å². The van der Waals surface area contributed by atoms with Crippen LogP contribution in [0.15, 0.2) is 16.6 Å². The zero-order valence-corrected chi connectivity index (χ0v) is 16.1. The summed E-state index contributed by atoms with van der Waals surface area (Å²) in [5.41, 5.74) is -0.858. The first kappa shape index (κ1) is 19.4. The summed E-state index contributed by atoms with van der Waals surface area (Å²) in [6.45, 7) is 12.1. The van der Waals surface area contributed by atoms with Crippen molar-refractivity contribution in [2.75, 3.05) is 4.90 Å². The Hall–Kier alpha value is -1.63. The number of carbonyl (C=O) groups excluding carboxylic acids is 2. The van der Waals surface area contributed by atoms with E-state index in [0.29, 0.717) is 10.2 Å². The van der Waals surface area contributed by atoms with Crippen LogP contribution >= 0.6 is 15.9 Å². The van der Waals surface area contributed by atoms with Crippen molar-refractivity contribution in [3.63, 3.8) is 0 Å². The van der Waals surface area contributed by atoms with Crippen LogP contribution in [0.3, 0.4) is 0 Å². The van der Waals surface area contributed by atoms with Gasteiger partial charge < -0.3 is 9.47 Å². The molecule has 23 heavy (non-hydrogen) atoms. The summed E-state index contributed by atoms with van der Waals surface area (Å²) in [5, 5.41) is 0. The number of nitrogens with zero attached hydrogens (tertiary/aromatic N) is 2. The molecule has 0 fully saturated rings. The second kappa shape index (κ2) is 6.86. The summed E-state index contributed by atoms with van der Waals surface area (Å²) < 4.78 is 11.3. The second-order valence-corrected chi connectivity index (χ2v) is 8.00. The molecule has 1 aromatic rings. The summed E-state index contributed by atoms with van der Waals surface area (Å²) in [5.74, 6) is 0.139. The smallest absolute Gasteiger partial charge is 0.425 e. The fourth-order valence-corrected chi connectivity index (χ4v) is 2.14. The van der Waals surface area contributed by atoms with Gasteiger partial charge in [-0.25, -0.2) is 14.6 Å². The Morgan fingerprint density at radius 1 is 1.00 bits per heavy atom. The Balaban J connectivity index is 3.25. The van der Waals surface area contributed by atoms with E-state index in [9.17, 15) is 9.59 Å². The molecular formula is C16H23BrN2O4. The average Bonchev–Trinajstić information content (AvgIpc) is 2.21. The van der Waals surface area contributed by atoms with Crippen molar-refractivity contribution in [1.29, 1.82) is 0 Å². The van der Waals surface area contributed by atoms with E-state index >= 15 is 0 Å². The van der Waals surface area contributed by atoms with Crippen molar-refractivity contribution in [3.8, 4) is 0 Å². The number of rotatable bonds is 1. The zero-order valence-electron chi connectivity index (χ0n) is 14.6. The van der Waals surface area contributed by atoms with Gasteiger partial charge in [-0.05, 0) is 60.6 Å². The van der Waals surface area contributed by atoms with Crippen molar-refractivity contribution < 1.29 is 19.1 Å². The quantitative estimate of drug-likeness (QED) is 0.691. The number of amides is 2. The lowest BCUT2D eigenvalue weighted by molar-refractivity contribution is 0.0429. The van der Waals surface area contributed by atoms with Gasteiger partial charge >= 0.3 is 12.2 Å². The van der Waals surface area contributed by atoms with Gasteiger partial charge in [-0.2, -0.15) is 4.90 Å². The third-order valence-corrected chi connectivity index (χ3v) is 2.74. The Morgan fingerprint density at radius 2 is 1.43 bits per heavy atom. The van der Waals surface area contributed by atoms with Crippen molar-refractivity contribution in [2.24, 2.45) is 0 Å². The van der Waals surface area contributed by atoms with Crippen LogP contribution in [-0.2, 0) is 9.47 Å². The Bertz CT molecular complexity index is 555. The first-order chi connectivity index (χ1) is 10.3. The molecule has 0 aliphatic heterocycles. The monoisotopic (exact) mass is 386 g/mol. The molecule has 0 N–H and O–H groups in total. The van der Waals surface area contributed by atoms with Gasteiger partial charge in [-0.15, -0.1) is 0 Å². The molecule has 0 aliphatic rings. The van der Waals surface area contributed by atoms with E-state index in [2.05, 4.69) is 20.9 Å². The highest BCUT2D eigenvalue weighted by molar-refractivity contribution is 9.10. The van der Waals surface area contributed by atoms with E-state index in [-0.39, 0.29) is 5.82 Å². The van der Waals surface area contributed by atoms with Gasteiger partial charge in [-0.1, -0.05) is 15.9 Å². The van der Waals surface area contributed by atoms with Gasteiger partial charge in [0.2, 0.25) is 0 Å². The predicted molar refractivity (Wildman–Crippen MR) is 91.6 cm³/mol. The zero-order chi connectivity index (χ0) is 18.0. The van der Waals surface area contributed by atoms with E-state index < -0.39 is 23.4 Å². The molecule has 0 radical (unpaired) electrons. The summed E-state index contributed by atoms with van der Waals surface area (Å²) in [6, 6.07) is 3.33. The van der Waals surface area contributed by atoms with E-state index in [4.69, 9.17) is 9.47 Å². The first-order valence-electron chi connectivity index (χ1n) is 7.19. The van der Waals surface area contributed by atoms with Crippen LogP contribution in [0.5, 0.6) is 0 Å². The van der Waals surface area contributed by atoms with Gasteiger partial charge in [0.1, 0.15) is 17.0 Å². The van der Waals surface area contributed by atoms with Crippen molar-refractivity contribution in [1.82, 2.24) is 4.98 Å². The number of carbonyl (C=O) groups is 2. The summed E-state index contributed by atoms with van der Waals surface area (Å²) in [4.78, 5) is 29.9. The molecule has 1 heterocycles. The van der Waals surface area contributed by atoms with Crippen LogP contribution in [0.1, 0.15) is 47.2 Å². The van der Waals surface area contributed by atoms with Gasteiger partial charge in [0.15, 0.2) is 0 Å². The molecule has 0 spiro atoms. The molecule has 1 aromatic heterocycles. The first-order valence-corrected chi connectivity index (χ1v) is 7.98. The van der Waals surface area contributed by atoms with Crippen molar-refractivity contribution in [3.05, 3.63) is 22.3 Å². The van der Waals surface area contributed by atoms with Crippen LogP contribution in [0, 0.1) is 6.92 Å². The van der Waals surface area contributed by atoms with Crippen LogP contribution in [0.4, 0.5) is 15.4 Å². The molecular weight excluding hydrogens is 364 g/mol. The number of pyridine rings is 1. The standard InChI is InChI=1S/C16H23BrN2O4/c1-10-8-11(17)9-12(18-10)19(13(20)22-15(2,3)4)14(21)23-16(5,6)7/h8-9H,1-7H3. The topological polar surface area (TPSA) is 68.7 Å². The average molecular weight is 387 g/mol. The Labute approximate surface area is 145 Å². The van der Waals surface area contributed by atoms with Crippen molar-refractivity contribution >= 4 is 33.9 Å². The molecule has 1 rings (SSSR count). The number of imide groups is 1. The van der Waals surface area contributed by atoms with Crippen molar-refractivity contribution in [2.45, 2.75) is 59.7 Å². The fourth-order valence-electron chi connectivity index (χ4n) is 1.60. The third kappa shape index (κ3) is 6.56. The van der Waals surface area contributed by atoms with Crippen LogP contribution in [0.2, 0.25) is 0 Å². The molecule has 2 amide bonds. The van der Waals surface area contributed by atoms with Crippen LogP contribution in [0.25, 0.3) is 0 Å². The minimum absolute atomic E-state index is 0.139. The molecule has 0 bridgehead atoms. The maximum absolute atomic E-state index is 12.5. The predicted octanol–water partition coefficient (Wildman–Crippen LogP) is 4.83. The molecule has 0 aliphatic carbocycles. The maximum atomic E-state index is 12.5. The lowest BCUT2D eigenvalue weighted by atomic mass is 10.2. The van der Waals surface area contributed by atoms with E-state index in [1.165, 1.54) is 0 Å². The molecule has 0 saturated heterocycles. The van der Waals surface area contributed by atoms with Crippen LogP contribution in [-0.4, -0.2) is 28.4 Å². The summed E-state index contributed by atoms with van der Waals surface area (Å²) in [7, 11) is 0. The molecule has 6 nitrogen and oxygen atoms in total. The number of halogens is 1. The fraction of sp³-hybridized carbons (Fsp3) is 0.562. The normalized spacial score (nSPS) is 11.8. The maximum Gasteiger partial charge on any atom is 0.425 e. The molecule has 0 unspecified atom stereocenters. The lowest BCUT2D eigenvalue weighted by Crippen LogP contribution is -2.44. The number of aryl methyl sites for hydroxylation is 1. The highest BCUT2D eigenvalue weighted by atomic mass is 79.9. The number of hydrogen-bond acceptors (Lipinski definition) is 5. The van der Waals surface area contributed by atoms with Crippen LogP contribution < -0.4 is 4.90 Å². The Morgan fingerprint density at radius 3 is 1.78 bits per heavy atom. The summed E-state index contributed by atoms with van der Waals surface area (Å²) in [6.07, 6.45) is -1.67. The number of hydrogen-bond donors (Lipinski definition) is 0. The molecule has 0 aromatic carbocycles. The lowest BCUT2D eigenvalue weighted by Gasteiger charge is -2.28. The largest absolute Gasteiger partial charge is 0.443 e. The number of ether oxygens (including phenoxy) is 2. The van der Waals surface area contributed by atoms with Gasteiger partial charge in [0.25, 0.3) is 0 Å².